The molecule has 5 aromatic rings. The van der Waals surface area contributed by atoms with E-state index in [1.807, 2.05) is 91.0 Å². The van der Waals surface area contributed by atoms with E-state index in [9.17, 15) is 24.8 Å². The third kappa shape index (κ3) is 7.34. The van der Waals surface area contributed by atoms with E-state index in [0.29, 0.717) is 17.9 Å². The van der Waals surface area contributed by atoms with Crippen LogP contribution >= 0.6 is 0 Å². The van der Waals surface area contributed by atoms with Crippen molar-refractivity contribution in [3.8, 4) is 0 Å². The van der Waals surface area contributed by atoms with E-state index in [2.05, 4.69) is 16.0 Å². The number of nitrogens with zero attached hydrogens (tertiary/aromatic N) is 1. The lowest BCUT2D eigenvalue weighted by Crippen LogP contribution is -2.49. The summed E-state index contributed by atoms with van der Waals surface area (Å²) in [6.07, 6.45) is 0.0471. The first-order valence-electron chi connectivity index (χ1n) is 14.4. The number of anilines is 2. The van der Waals surface area contributed by atoms with Crippen molar-refractivity contribution in [1.82, 2.24) is 5.32 Å². The van der Waals surface area contributed by atoms with Crippen LogP contribution in [0.15, 0.2) is 140 Å². The summed E-state index contributed by atoms with van der Waals surface area (Å²) < 4.78 is 0. The van der Waals surface area contributed by atoms with Crippen LogP contribution in [0.3, 0.4) is 0 Å². The second kappa shape index (κ2) is 14.0. The van der Waals surface area contributed by atoms with Crippen molar-refractivity contribution in [3.05, 3.63) is 172 Å². The second-order valence-corrected chi connectivity index (χ2v) is 10.5. The minimum absolute atomic E-state index is 0.0372. The van der Waals surface area contributed by atoms with Gasteiger partial charge in [0.05, 0.1) is 16.5 Å². The topological polar surface area (TPSA) is 134 Å². The number of hydrogen-bond acceptors (Lipinski definition) is 6. The zero-order valence-electron chi connectivity index (χ0n) is 24.3. The van der Waals surface area contributed by atoms with Crippen molar-refractivity contribution in [2.45, 2.75) is 18.0 Å². The first kappa shape index (κ1) is 30.5. The fraction of sp³-hybridized carbons (Fsp3) is 0.111. The largest absolute Gasteiger partial charge is 0.478 e. The van der Waals surface area contributed by atoms with Gasteiger partial charge in [-0.1, -0.05) is 91.0 Å². The highest BCUT2D eigenvalue weighted by atomic mass is 16.6. The summed E-state index contributed by atoms with van der Waals surface area (Å²) in [6.45, 7) is 0.297. The van der Waals surface area contributed by atoms with Gasteiger partial charge in [0.1, 0.15) is 5.54 Å². The molecule has 0 saturated heterocycles. The van der Waals surface area contributed by atoms with Gasteiger partial charge < -0.3 is 21.1 Å². The van der Waals surface area contributed by atoms with Gasteiger partial charge in [-0.05, 0) is 53.1 Å². The molecule has 5 aromatic carbocycles. The van der Waals surface area contributed by atoms with Crippen LogP contribution < -0.4 is 16.0 Å². The molecule has 0 aliphatic heterocycles. The van der Waals surface area contributed by atoms with Gasteiger partial charge in [-0.15, -0.1) is 0 Å². The van der Waals surface area contributed by atoms with Crippen molar-refractivity contribution in [3.63, 3.8) is 0 Å². The summed E-state index contributed by atoms with van der Waals surface area (Å²) in [5.74, 6) is -1.25. The molecule has 226 valence electrons. The number of amides is 1. The maximum atomic E-state index is 14.1. The molecule has 0 aromatic heterocycles. The van der Waals surface area contributed by atoms with Crippen LogP contribution in [0.5, 0.6) is 0 Å². The van der Waals surface area contributed by atoms with Gasteiger partial charge in [0.2, 0.25) is 5.91 Å². The summed E-state index contributed by atoms with van der Waals surface area (Å²) in [5.41, 5.74) is 3.12. The fourth-order valence-electron chi connectivity index (χ4n) is 5.33. The number of carboxylic acids is 1. The lowest BCUT2D eigenvalue weighted by Gasteiger charge is -2.37. The summed E-state index contributed by atoms with van der Waals surface area (Å²) in [4.78, 5) is 36.1. The smallest absolute Gasteiger partial charge is 0.335 e. The Morgan fingerprint density at radius 3 is 1.60 bits per heavy atom. The van der Waals surface area contributed by atoms with E-state index >= 15 is 0 Å². The Balaban J connectivity index is 1.46. The zero-order chi connectivity index (χ0) is 31.6. The molecule has 0 radical (unpaired) electrons. The van der Waals surface area contributed by atoms with Crippen molar-refractivity contribution in [2.75, 3.05) is 17.2 Å². The molecule has 0 saturated carbocycles. The Kier molecular flexibility index (Phi) is 9.49. The van der Waals surface area contributed by atoms with Crippen LogP contribution in [0.2, 0.25) is 0 Å². The summed E-state index contributed by atoms with van der Waals surface area (Å²) >= 11 is 0. The Morgan fingerprint density at radius 1 is 0.689 bits per heavy atom. The predicted octanol–water partition coefficient (Wildman–Crippen LogP) is 6.68. The normalized spacial score (nSPS) is 11.6. The molecule has 9 nitrogen and oxygen atoms in total. The maximum Gasteiger partial charge on any atom is 0.335 e. The predicted molar refractivity (Wildman–Crippen MR) is 174 cm³/mol. The van der Waals surface area contributed by atoms with E-state index in [1.165, 1.54) is 24.3 Å². The molecule has 0 heterocycles. The third-order valence-electron chi connectivity index (χ3n) is 7.51. The van der Waals surface area contributed by atoms with Crippen LogP contribution in [0.25, 0.3) is 0 Å². The summed E-state index contributed by atoms with van der Waals surface area (Å²) in [5, 5.41) is 30.4. The zero-order valence-corrected chi connectivity index (χ0v) is 24.3. The van der Waals surface area contributed by atoms with Crippen LogP contribution in [-0.2, 0) is 10.3 Å². The van der Waals surface area contributed by atoms with Crippen molar-refractivity contribution in [2.24, 2.45) is 0 Å². The SMILES string of the molecule is O=C(C[C@@H](CNc1ccc(C(=O)O)cc1)Nc1ccc([N+](=O)[O-])cc1)NC(c1ccccc1)(c1ccccc1)c1ccccc1. The molecular weight excluding hydrogens is 568 g/mol. The Labute approximate surface area is 260 Å². The highest BCUT2D eigenvalue weighted by molar-refractivity contribution is 5.88. The molecule has 0 aliphatic rings. The first-order chi connectivity index (χ1) is 21.8. The van der Waals surface area contributed by atoms with Crippen LogP contribution in [0, 0.1) is 10.1 Å². The van der Waals surface area contributed by atoms with Gasteiger partial charge in [-0.2, -0.15) is 0 Å². The number of nitro benzene ring substituents is 1. The highest BCUT2D eigenvalue weighted by Crippen LogP contribution is 2.37. The standard InChI is InChI=1S/C36H32N4O5/c41-34(39-36(27-10-4-1-5-11-27,28-12-6-2-7-13-28)29-14-8-3-9-15-29)24-32(38-31-20-22-33(23-21-31)40(44)45)25-37-30-18-16-26(17-19-30)35(42)43/h1-23,32,37-38H,24-25H2,(H,39,41)(H,42,43)/t32-/m0/s1. The molecule has 0 bridgehead atoms. The number of rotatable bonds is 13. The van der Waals surface area contributed by atoms with Gasteiger partial charge in [0.15, 0.2) is 0 Å². The Morgan fingerprint density at radius 2 is 1.16 bits per heavy atom. The Hall–Kier alpha value is -5.96. The van der Waals surface area contributed by atoms with Gasteiger partial charge in [0, 0.05) is 36.5 Å². The summed E-state index contributed by atoms with van der Waals surface area (Å²) in [6, 6.07) is 41.4. The van der Waals surface area contributed by atoms with E-state index in [-0.39, 0.29) is 23.6 Å². The summed E-state index contributed by atoms with van der Waals surface area (Å²) in [7, 11) is 0. The molecule has 0 spiro atoms. The minimum atomic E-state index is -1.02. The highest BCUT2D eigenvalue weighted by Gasteiger charge is 2.38. The lowest BCUT2D eigenvalue weighted by atomic mass is 9.77. The monoisotopic (exact) mass is 600 g/mol. The number of aromatic carboxylic acids is 1. The number of nitro groups is 1. The van der Waals surface area contributed by atoms with Gasteiger partial charge >= 0.3 is 5.97 Å². The van der Waals surface area contributed by atoms with Crippen molar-refractivity contribution < 1.29 is 19.6 Å². The number of non-ortho nitro benzene ring substituents is 1. The van der Waals surface area contributed by atoms with Gasteiger partial charge in [-0.3, -0.25) is 14.9 Å². The average Bonchev–Trinajstić information content (AvgIpc) is 3.07. The Bertz CT molecular complexity index is 1630. The average molecular weight is 601 g/mol. The number of carbonyl (C=O) groups excluding carboxylic acids is 1. The van der Waals surface area contributed by atoms with Crippen LogP contribution in [0.4, 0.5) is 17.1 Å². The van der Waals surface area contributed by atoms with E-state index < -0.39 is 22.5 Å². The molecule has 0 unspecified atom stereocenters. The van der Waals surface area contributed by atoms with E-state index in [4.69, 9.17) is 0 Å². The van der Waals surface area contributed by atoms with E-state index in [0.717, 1.165) is 16.7 Å². The van der Waals surface area contributed by atoms with Gasteiger partial charge in [0.25, 0.3) is 5.69 Å². The van der Waals surface area contributed by atoms with Crippen LogP contribution in [0.1, 0.15) is 33.5 Å². The van der Waals surface area contributed by atoms with Gasteiger partial charge in [-0.25, -0.2) is 4.79 Å². The van der Waals surface area contributed by atoms with E-state index in [1.54, 1.807) is 24.3 Å². The minimum Gasteiger partial charge on any atom is -0.478 e. The molecule has 0 aliphatic carbocycles. The van der Waals surface area contributed by atoms with Crippen molar-refractivity contribution >= 4 is 28.9 Å². The fourth-order valence-corrected chi connectivity index (χ4v) is 5.33. The molecular formula is C36H32N4O5. The molecule has 5 rings (SSSR count). The number of carbonyl (C=O) groups is 2. The first-order valence-corrected chi connectivity index (χ1v) is 14.4. The molecule has 1 atom stereocenters. The number of benzene rings is 5. The molecule has 9 heteroatoms. The second-order valence-electron chi connectivity index (χ2n) is 10.5. The molecule has 1 amide bonds. The molecule has 4 N–H and O–H groups in total. The quantitative estimate of drug-likeness (QED) is 0.0673. The lowest BCUT2D eigenvalue weighted by molar-refractivity contribution is -0.384. The van der Waals surface area contributed by atoms with Crippen molar-refractivity contribution in [1.29, 1.82) is 0 Å². The molecule has 45 heavy (non-hydrogen) atoms. The number of carboxylic acid groups (broad SMARTS) is 1. The number of hydrogen-bond donors (Lipinski definition) is 4. The number of nitrogens with one attached hydrogen (secondary N) is 3. The molecule has 0 fully saturated rings. The van der Waals surface area contributed by atoms with Crippen LogP contribution in [-0.4, -0.2) is 34.5 Å². The maximum absolute atomic E-state index is 14.1. The third-order valence-corrected chi connectivity index (χ3v) is 7.51.